The summed E-state index contributed by atoms with van der Waals surface area (Å²) in [7, 11) is 0. The largest absolute Gasteiger partial charge is 0.454 e. The first-order chi connectivity index (χ1) is 13.3. The van der Waals surface area contributed by atoms with Gasteiger partial charge in [0.1, 0.15) is 5.69 Å². The number of hydrogen-bond acceptors (Lipinski definition) is 5. The number of aromatic nitrogens is 2. The zero-order chi connectivity index (χ0) is 18.0. The van der Waals surface area contributed by atoms with Gasteiger partial charge in [0.15, 0.2) is 11.5 Å². The van der Waals surface area contributed by atoms with Crippen molar-refractivity contribution in [3.05, 3.63) is 41.7 Å². The number of hydrogen-bond donors (Lipinski definition) is 1. The van der Waals surface area contributed by atoms with Crippen molar-refractivity contribution in [3.63, 3.8) is 0 Å². The molecule has 6 heterocycles. The number of likely N-dealkylation sites (tertiary alicyclic amines) is 1. The molecule has 4 fully saturated rings. The van der Waals surface area contributed by atoms with E-state index in [9.17, 15) is 4.79 Å². The minimum Gasteiger partial charge on any atom is -0.454 e. The van der Waals surface area contributed by atoms with E-state index in [0.29, 0.717) is 23.6 Å². The zero-order valence-corrected chi connectivity index (χ0v) is 15.0. The van der Waals surface area contributed by atoms with Crippen LogP contribution in [0.3, 0.4) is 0 Å². The van der Waals surface area contributed by atoms with Gasteiger partial charge in [0, 0.05) is 24.7 Å². The molecule has 7 rings (SSSR count). The van der Waals surface area contributed by atoms with Crippen molar-refractivity contribution in [2.24, 2.45) is 5.92 Å². The molecule has 0 saturated carbocycles. The number of carbonyl (C=O) groups excluding carboxylic acids is 1. The van der Waals surface area contributed by atoms with Crippen molar-refractivity contribution >= 4 is 5.91 Å². The molecule has 1 N–H and O–H groups in total. The normalized spacial score (nSPS) is 33.3. The first-order valence-corrected chi connectivity index (χ1v) is 9.73. The summed E-state index contributed by atoms with van der Waals surface area (Å²) >= 11 is 0. The molecule has 27 heavy (non-hydrogen) atoms. The lowest BCUT2D eigenvalue weighted by molar-refractivity contribution is -0.00359. The second-order valence-corrected chi connectivity index (χ2v) is 8.00. The molecule has 0 aliphatic carbocycles. The number of piperidine rings is 3. The second-order valence-electron chi connectivity index (χ2n) is 8.00. The number of amides is 1. The number of benzene rings is 1. The molecule has 7 heteroatoms. The molecule has 7 nitrogen and oxygen atoms in total. The molecule has 1 aromatic carbocycles. The third-order valence-corrected chi connectivity index (χ3v) is 6.81. The maximum Gasteiger partial charge on any atom is 0.272 e. The van der Waals surface area contributed by atoms with Gasteiger partial charge in [-0.2, -0.15) is 5.10 Å². The Morgan fingerprint density at radius 2 is 1.96 bits per heavy atom. The van der Waals surface area contributed by atoms with E-state index in [4.69, 9.17) is 9.47 Å². The SMILES string of the molecule is O=C(c1ccn[nH]1)N1C[C@@H](c2ccc3c(c2)OCO3)[C@@H]2[C@H]1C1CCN2CC1. The summed E-state index contributed by atoms with van der Waals surface area (Å²) in [6.45, 7) is 3.30. The summed E-state index contributed by atoms with van der Waals surface area (Å²) in [5.74, 6) is 2.58. The van der Waals surface area contributed by atoms with Gasteiger partial charge in [-0.05, 0) is 55.6 Å². The van der Waals surface area contributed by atoms with E-state index in [0.717, 1.165) is 31.1 Å². The van der Waals surface area contributed by atoms with Crippen LogP contribution in [-0.4, -0.2) is 64.4 Å². The fourth-order valence-electron chi connectivity index (χ4n) is 5.62. The number of fused-ring (bicyclic) bond motifs is 3. The van der Waals surface area contributed by atoms with Crippen molar-refractivity contribution in [3.8, 4) is 11.5 Å². The summed E-state index contributed by atoms with van der Waals surface area (Å²) < 4.78 is 11.1. The number of nitrogens with one attached hydrogen (secondary N) is 1. The third kappa shape index (κ3) is 2.24. The molecule has 2 aromatic rings. The van der Waals surface area contributed by atoms with Gasteiger partial charge in [0.05, 0.1) is 6.04 Å². The summed E-state index contributed by atoms with van der Waals surface area (Å²) in [6, 6.07) is 8.68. The van der Waals surface area contributed by atoms with Crippen LogP contribution >= 0.6 is 0 Å². The predicted molar refractivity (Wildman–Crippen MR) is 96.8 cm³/mol. The van der Waals surface area contributed by atoms with Crippen LogP contribution in [0.2, 0.25) is 0 Å². The van der Waals surface area contributed by atoms with Gasteiger partial charge in [-0.15, -0.1) is 0 Å². The highest BCUT2D eigenvalue weighted by atomic mass is 16.7. The average molecular weight is 366 g/mol. The molecular formula is C20H22N4O3. The molecule has 0 spiro atoms. The topological polar surface area (TPSA) is 70.7 Å². The lowest BCUT2D eigenvalue weighted by Crippen LogP contribution is -2.60. The van der Waals surface area contributed by atoms with Crippen LogP contribution in [0.15, 0.2) is 30.5 Å². The Balaban J connectivity index is 1.39. The molecule has 0 radical (unpaired) electrons. The van der Waals surface area contributed by atoms with Crippen LogP contribution in [0.25, 0.3) is 0 Å². The average Bonchev–Trinajstić information content (AvgIpc) is 3.47. The Hall–Kier alpha value is -2.54. The van der Waals surface area contributed by atoms with Gasteiger partial charge in [-0.25, -0.2) is 0 Å². The number of nitrogens with zero attached hydrogens (tertiary/aromatic N) is 3. The van der Waals surface area contributed by atoms with Crippen LogP contribution in [0.1, 0.15) is 34.8 Å². The zero-order valence-electron chi connectivity index (χ0n) is 15.0. The molecule has 2 bridgehead atoms. The summed E-state index contributed by atoms with van der Waals surface area (Å²) in [6.07, 6.45) is 4.01. The van der Waals surface area contributed by atoms with Crippen molar-refractivity contribution < 1.29 is 14.3 Å². The van der Waals surface area contributed by atoms with Crippen LogP contribution in [-0.2, 0) is 0 Å². The van der Waals surface area contributed by atoms with Crippen LogP contribution < -0.4 is 9.47 Å². The second kappa shape index (κ2) is 5.73. The Labute approximate surface area is 157 Å². The van der Waals surface area contributed by atoms with E-state index in [1.54, 1.807) is 12.3 Å². The predicted octanol–water partition coefficient (Wildman–Crippen LogP) is 1.84. The first-order valence-electron chi connectivity index (χ1n) is 9.73. The van der Waals surface area contributed by atoms with E-state index < -0.39 is 0 Å². The quantitative estimate of drug-likeness (QED) is 0.878. The standard InChI is InChI=1S/C20H22N4O3/c25-20(15-3-6-21-22-15)24-10-14(13-1-2-16-17(9-13)27-11-26-16)19-18(24)12-4-7-23(19)8-5-12/h1-3,6,9,12,14,18-19H,4-5,7-8,10-11H2,(H,21,22)/t14-,18+,19+/m0/s1. The Morgan fingerprint density at radius 3 is 2.78 bits per heavy atom. The summed E-state index contributed by atoms with van der Waals surface area (Å²) in [5, 5.41) is 6.82. The molecule has 4 saturated heterocycles. The number of carbonyl (C=O) groups is 1. The maximum absolute atomic E-state index is 13.2. The molecule has 140 valence electrons. The van der Waals surface area contributed by atoms with E-state index >= 15 is 0 Å². The maximum atomic E-state index is 13.2. The van der Waals surface area contributed by atoms with Gasteiger partial charge in [-0.1, -0.05) is 6.07 Å². The monoisotopic (exact) mass is 366 g/mol. The number of ether oxygens (including phenoxy) is 2. The van der Waals surface area contributed by atoms with Crippen molar-refractivity contribution in [1.29, 1.82) is 0 Å². The Kier molecular flexibility index (Phi) is 3.29. The molecule has 1 aromatic heterocycles. The highest BCUT2D eigenvalue weighted by molar-refractivity contribution is 5.93. The fraction of sp³-hybridized carbons (Fsp3) is 0.500. The molecule has 0 unspecified atom stereocenters. The fourth-order valence-corrected chi connectivity index (χ4v) is 5.62. The van der Waals surface area contributed by atoms with Crippen LogP contribution in [0.5, 0.6) is 11.5 Å². The number of aromatic amines is 1. The smallest absolute Gasteiger partial charge is 0.272 e. The summed E-state index contributed by atoms with van der Waals surface area (Å²) in [4.78, 5) is 17.9. The van der Waals surface area contributed by atoms with E-state index in [1.807, 2.05) is 6.07 Å². The third-order valence-electron chi connectivity index (χ3n) is 6.81. The molecule has 5 aliphatic rings. The van der Waals surface area contributed by atoms with Crippen LogP contribution in [0.4, 0.5) is 0 Å². The first kappa shape index (κ1) is 15.5. The van der Waals surface area contributed by atoms with Gasteiger partial charge < -0.3 is 14.4 Å². The number of rotatable bonds is 2. The van der Waals surface area contributed by atoms with E-state index in [1.165, 1.54) is 18.4 Å². The van der Waals surface area contributed by atoms with Crippen LogP contribution in [0, 0.1) is 5.92 Å². The highest BCUT2D eigenvalue weighted by Crippen LogP contribution is 2.48. The molecule has 5 aliphatic heterocycles. The van der Waals surface area contributed by atoms with Crippen molar-refractivity contribution in [1.82, 2.24) is 20.0 Å². The summed E-state index contributed by atoms with van der Waals surface area (Å²) in [5.41, 5.74) is 1.82. The Morgan fingerprint density at radius 1 is 1.11 bits per heavy atom. The van der Waals surface area contributed by atoms with Crippen molar-refractivity contribution in [2.75, 3.05) is 26.4 Å². The lowest BCUT2D eigenvalue weighted by Gasteiger charge is -2.51. The van der Waals surface area contributed by atoms with Gasteiger partial charge in [-0.3, -0.25) is 14.8 Å². The molecule has 1 amide bonds. The van der Waals surface area contributed by atoms with Gasteiger partial charge in [0.2, 0.25) is 6.79 Å². The lowest BCUT2D eigenvalue weighted by atomic mass is 9.75. The van der Waals surface area contributed by atoms with Gasteiger partial charge in [0.25, 0.3) is 5.91 Å². The highest BCUT2D eigenvalue weighted by Gasteiger charge is 2.54. The minimum absolute atomic E-state index is 0.0690. The van der Waals surface area contributed by atoms with E-state index in [2.05, 4.69) is 32.1 Å². The minimum atomic E-state index is 0.0690. The van der Waals surface area contributed by atoms with Gasteiger partial charge >= 0.3 is 0 Å². The molecular weight excluding hydrogens is 344 g/mol. The Bertz CT molecular complexity index is 875. The van der Waals surface area contributed by atoms with Crippen molar-refractivity contribution in [2.45, 2.75) is 30.8 Å². The molecule has 3 atom stereocenters. The van der Waals surface area contributed by atoms with E-state index in [-0.39, 0.29) is 18.7 Å². The number of H-pyrrole nitrogens is 1.